The van der Waals surface area contributed by atoms with Crippen molar-refractivity contribution in [2.75, 3.05) is 23.9 Å². The average Bonchev–Trinajstić information content (AvgIpc) is 2.45. The molecule has 2 rings (SSSR count). The Morgan fingerprint density at radius 1 is 1.33 bits per heavy atom. The van der Waals surface area contributed by atoms with Crippen LogP contribution in [0.5, 0.6) is 0 Å². The zero-order chi connectivity index (χ0) is 11.0. The maximum absolute atomic E-state index is 4.55. The van der Waals surface area contributed by atoms with Crippen LogP contribution in [0.25, 0.3) is 0 Å². The van der Waals surface area contributed by atoms with E-state index in [1.54, 1.807) is 0 Å². The second kappa shape index (κ2) is 3.81. The molecule has 0 spiro atoms. The highest BCUT2D eigenvalue weighted by Gasteiger charge is 2.27. The number of hydrogen-bond acceptors (Lipinski definition) is 3. The number of benzene rings is 1. The zero-order valence-corrected chi connectivity index (χ0v) is 10.0. The topological polar surface area (TPSA) is 6.48 Å². The molecule has 1 aromatic carbocycles. The Balaban J connectivity index is 2.42. The molecular formula is C12H16N2S. The Morgan fingerprint density at radius 2 is 2.00 bits per heavy atom. The van der Waals surface area contributed by atoms with Gasteiger partial charge in [-0.15, -0.1) is 19.2 Å². The van der Waals surface area contributed by atoms with Crippen LogP contribution in [0.15, 0.2) is 30.9 Å². The molecule has 1 aliphatic rings. The smallest absolute Gasteiger partial charge is 0.147 e. The van der Waals surface area contributed by atoms with Gasteiger partial charge in [-0.05, 0) is 24.1 Å². The monoisotopic (exact) mass is 220 g/mol. The number of fused-ring (bicyclic) bond motifs is 1. The highest BCUT2D eigenvalue weighted by molar-refractivity contribution is 7.81. The van der Waals surface area contributed by atoms with Gasteiger partial charge >= 0.3 is 0 Å². The molecule has 0 bridgehead atoms. The van der Waals surface area contributed by atoms with Gasteiger partial charge in [-0.1, -0.05) is 12.1 Å². The van der Waals surface area contributed by atoms with Crippen molar-refractivity contribution >= 4 is 24.0 Å². The molecule has 0 saturated carbocycles. The fraction of sp³-hybridized carbons (Fsp3) is 0.333. The van der Waals surface area contributed by atoms with Gasteiger partial charge in [-0.2, -0.15) is 0 Å². The second-order valence-electron chi connectivity index (χ2n) is 3.88. The minimum atomic E-state index is 0.138. The molecule has 1 aromatic rings. The predicted molar refractivity (Wildman–Crippen MR) is 69.9 cm³/mol. The molecule has 0 radical (unpaired) electrons. The maximum Gasteiger partial charge on any atom is 0.147 e. The van der Waals surface area contributed by atoms with Gasteiger partial charge in [0.25, 0.3) is 0 Å². The van der Waals surface area contributed by atoms with E-state index in [4.69, 9.17) is 0 Å². The Labute approximate surface area is 96.6 Å². The van der Waals surface area contributed by atoms with Crippen LogP contribution in [-0.4, -0.2) is 19.6 Å². The third kappa shape index (κ3) is 1.61. The first-order chi connectivity index (χ1) is 7.15. The summed E-state index contributed by atoms with van der Waals surface area (Å²) in [6, 6.07) is 6.52. The molecule has 2 nitrogen and oxygen atoms in total. The predicted octanol–water partition coefficient (Wildman–Crippen LogP) is 2.51. The van der Waals surface area contributed by atoms with E-state index >= 15 is 0 Å². The van der Waals surface area contributed by atoms with Gasteiger partial charge in [-0.3, -0.25) is 0 Å². The van der Waals surface area contributed by atoms with E-state index in [0.29, 0.717) is 0 Å². The second-order valence-corrected chi connectivity index (χ2v) is 4.35. The molecule has 0 saturated heterocycles. The van der Waals surface area contributed by atoms with Gasteiger partial charge < -0.3 is 9.80 Å². The van der Waals surface area contributed by atoms with Crippen LogP contribution in [0.2, 0.25) is 0 Å². The van der Waals surface area contributed by atoms with Crippen LogP contribution >= 0.6 is 12.6 Å². The third-order valence-corrected chi connectivity index (χ3v) is 3.57. The minimum Gasteiger partial charge on any atom is -0.344 e. The summed E-state index contributed by atoms with van der Waals surface area (Å²) in [4.78, 5) is 4.33. The van der Waals surface area contributed by atoms with Gasteiger partial charge in [-0.25, -0.2) is 0 Å². The van der Waals surface area contributed by atoms with Crippen molar-refractivity contribution in [3.63, 3.8) is 0 Å². The molecule has 1 aliphatic heterocycles. The van der Waals surface area contributed by atoms with E-state index in [9.17, 15) is 0 Å². The third-order valence-electron chi connectivity index (χ3n) is 2.87. The van der Waals surface area contributed by atoms with Crippen molar-refractivity contribution in [3.05, 3.63) is 36.4 Å². The van der Waals surface area contributed by atoms with Gasteiger partial charge in [0.1, 0.15) is 5.50 Å². The number of allylic oxidation sites excluding steroid dienone is 1. The van der Waals surface area contributed by atoms with E-state index < -0.39 is 0 Å². The summed E-state index contributed by atoms with van der Waals surface area (Å²) >= 11 is 4.55. The first kappa shape index (κ1) is 10.4. The van der Waals surface area contributed by atoms with Crippen LogP contribution < -0.4 is 9.80 Å². The van der Waals surface area contributed by atoms with Gasteiger partial charge in [0.2, 0.25) is 0 Å². The fourth-order valence-corrected chi connectivity index (χ4v) is 2.20. The number of nitrogens with zero attached hydrogens (tertiary/aromatic N) is 2. The molecule has 0 amide bonds. The SMILES string of the molecule is C=CCc1ccc2c(c1)N(C)C(S)N2C. The largest absolute Gasteiger partial charge is 0.344 e. The van der Waals surface area contributed by atoms with Gasteiger partial charge in [0, 0.05) is 14.1 Å². The summed E-state index contributed by atoms with van der Waals surface area (Å²) < 4.78 is 0. The lowest BCUT2D eigenvalue weighted by Gasteiger charge is -2.22. The number of anilines is 2. The summed E-state index contributed by atoms with van der Waals surface area (Å²) in [5.41, 5.74) is 3.92. The van der Waals surface area contributed by atoms with Crippen molar-refractivity contribution < 1.29 is 0 Å². The summed E-state index contributed by atoms with van der Waals surface area (Å²) in [6.45, 7) is 3.76. The Hall–Kier alpha value is -1.09. The highest BCUT2D eigenvalue weighted by atomic mass is 32.1. The number of hydrogen-bond donors (Lipinski definition) is 1. The lowest BCUT2D eigenvalue weighted by Crippen LogP contribution is -2.33. The summed E-state index contributed by atoms with van der Waals surface area (Å²) in [7, 11) is 4.13. The summed E-state index contributed by atoms with van der Waals surface area (Å²) in [5, 5.41) is 0. The quantitative estimate of drug-likeness (QED) is 0.604. The first-order valence-corrected chi connectivity index (χ1v) is 5.54. The van der Waals surface area contributed by atoms with Gasteiger partial charge in [0.15, 0.2) is 0 Å². The molecule has 0 aliphatic carbocycles. The summed E-state index contributed by atoms with van der Waals surface area (Å²) in [5.74, 6) is 0. The van der Waals surface area contributed by atoms with E-state index in [1.165, 1.54) is 16.9 Å². The van der Waals surface area contributed by atoms with Crippen molar-refractivity contribution in [1.82, 2.24) is 0 Å². The molecule has 0 N–H and O–H groups in total. The van der Waals surface area contributed by atoms with Crippen molar-refractivity contribution in [2.45, 2.75) is 11.9 Å². The normalized spacial score (nSPS) is 19.3. The molecule has 15 heavy (non-hydrogen) atoms. The molecular weight excluding hydrogens is 204 g/mol. The highest BCUT2D eigenvalue weighted by Crippen LogP contribution is 2.39. The van der Waals surface area contributed by atoms with E-state index in [-0.39, 0.29) is 5.50 Å². The van der Waals surface area contributed by atoms with Crippen LogP contribution in [-0.2, 0) is 6.42 Å². The van der Waals surface area contributed by atoms with E-state index in [0.717, 1.165) is 6.42 Å². The Bertz CT molecular complexity index is 389. The van der Waals surface area contributed by atoms with Gasteiger partial charge in [0.05, 0.1) is 11.4 Å². The van der Waals surface area contributed by atoms with E-state index in [2.05, 4.69) is 61.3 Å². The Kier molecular flexibility index (Phi) is 2.65. The molecule has 0 aromatic heterocycles. The molecule has 1 atom stereocenters. The zero-order valence-electron chi connectivity index (χ0n) is 9.14. The number of thiol groups is 1. The minimum absolute atomic E-state index is 0.138. The molecule has 1 heterocycles. The molecule has 3 heteroatoms. The molecule has 80 valence electrons. The van der Waals surface area contributed by atoms with E-state index in [1.807, 2.05) is 6.08 Å². The van der Waals surface area contributed by atoms with Crippen molar-refractivity contribution in [2.24, 2.45) is 0 Å². The fourth-order valence-electron chi connectivity index (χ4n) is 1.95. The molecule has 1 unspecified atom stereocenters. The lowest BCUT2D eigenvalue weighted by molar-refractivity contribution is 0.862. The first-order valence-electron chi connectivity index (χ1n) is 5.02. The molecule has 0 fully saturated rings. The van der Waals surface area contributed by atoms with Crippen LogP contribution in [0.1, 0.15) is 5.56 Å². The Morgan fingerprint density at radius 3 is 2.67 bits per heavy atom. The maximum atomic E-state index is 4.55. The number of rotatable bonds is 2. The average molecular weight is 220 g/mol. The van der Waals surface area contributed by atoms with Crippen molar-refractivity contribution in [1.29, 1.82) is 0 Å². The lowest BCUT2D eigenvalue weighted by atomic mass is 10.1. The van der Waals surface area contributed by atoms with Crippen molar-refractivity contribution in [3.8, 4) is 0 Å². The van der Waals surface area contributed by atoms with Crippen LogP contribution in [0.4, 0.5) is 11.4 Å². The van der Waals surface area contributed by atoms with Crippen LogP contribution in [0, 0.1) is 0 Å². The summed E-state index contributed by atoms with van der Waals surface area (Å²) in [6.07, 6.45) is 2.85. The standard InChI is InChI=1S/C12H16N2S/c1-4-5-9-6-7-10-11(8-9)14(3)12(15)13(10)2/h4,6-8,12,15H,1,5H2,2-3H3. The van der Waals surface area contributed by atoms with Crippen LogP contribution in [0.3, 0.4) is 0 Å².